The lowest BCUT2D eigenvalue weighted by Gasteiger charge is -2.24. The van der Waals surface area contributed by atoms with Crippen LogP contribution in [0.15, 0.2) is 53.6 Å². The number of aromatic nitrogens is 3. The molecule has 2 heterocycles. The van der Waals surface area contributed by atoms with Crippen LogP contribution in [-0.4, -0.2) is 52.9 Å². The Kier molecular flexibility index (Phi) is 7.28. The lowest BCUT2D eigenvalue weighted by Crippen LogP contribution is -2.35. The Morgan fingerprint density at radius 3 is 2.76 bits per heavy atom. The van der Waals surface area contributed by atoms with Gasteiger partial charge >= 0.3 is 5.97 Å². The predicted octanol–water partition coefficient (Wildman–Crippen LogP) is 3.94. The maximum absolute atomic E-state index is 13.6. The van der Waals surface area contributed by atoms with E-state index in [2.05, 4.69) is 16.4 Å². The number of para-hydroxylation sites is 1. The molecular formula is C28H34N4O5S. The molecule has 9 nitrogen and oxygen atoms in total. The minimum absolute atomic E-state index is 0.0656. The molecule has 2 aromatic carbocycles. The summed E-state index contributed by atoms with van der Waals surface area (Å²) < 4.78 is 41.6. The van der Waals surface area contributed by atoms with Gasteiger partial charge in [-0.25, -0.2) is 8.42 Å². The number of sulfonamides is 1. The van der Waals surface area contributed by atoms with Crippen molar-refractivity contribution in [2.75, 3.05) is 13.2 Å². The van der Waals surface area contributed by atoms with Gasteiger partial charge < -0.3 is 9.47 Å². The molecule has 0 amide bonds. The van der Waals surface area contributed by atoms with E-state index in [1.165, 1.54) is 4.31 Å². The molecule has 4 atom stereocenters. The fraction of sp³-hybridized carbons (Fsp3) is 0.464. The monoisotopic (exact) mass is 538 g/mol. The smallest absolute Gasteiger partial charge is 0.306 e. The maximum atomic E-state index is 13.6. The van der Waals surface area contributed by atoms with Gasteiger partial charge in [0.05, 0.1) is 25.3 Å². The summed E-state index contributed by atoms with van der Waals surface area (Å²) in [5.41, 5.74) is 3.84. The fourth-order valence-corrected chi connectivity index (χ4v) is 7.04. The number of hydrogen-bond acceptors (Lipinski definition) is 7. The molecule has 3 unspecified atom stereocenters. The molecule has 3 aromatic rings. The van der Waals surface area contributed by atoms with Crippen LogP contribution in [0.25, 0.3) is 0 Å². The highest BCUT2D eigenvalue weighted by Gasteiger charge is 2.47. The molecule has 202 valence electrons. The van der Waals surface area contributed by atoms with Gasteiger partial charge in [-0.15, -0.1) is 5.10 Å². The van der Waals surface area contributed by atoms with Crippen LogP contribution in [0.2, 0.25) is 0 Å². The summed E-state index contributed by atoms with van der Waals surface area (Å²) in [5, 5.41) is 8.36. The van der Waals surface area contributed by atoms with Gasteiger partial charge in [-0.3, -0.25) is 9.48 Å². The highest BCUT2D eigenvalue weighted by molar-refractivity contribution is 7.89. The van der Waals surface area contributed by atoms with Crippen molar-refractivity contribution in [2.24, 2.45) is 13.0 Å². The fourth-order valence-electron chi connectivity index (χ4n) is 5.42. The Hall–Kier alpha value is -3.24. The van der Waals surface area contributed by atoms with Crippen molar-refractivity contribution in [2.45, 2.75) is 63.0 Å². The van der Waals surface area contributed by atoms with Gasteiger partial charge in [0.2, 0.25) is 10.0 Å². The molecule has 0 saturated heterocycles. The highest BCUT2D eigenvalue weighted by Crippen LogP contribution is 2.55. The van der Waals surface area contributed by atoms with Gasteiger partial charge in [-0.05, 0) is 67.9 Å². The number of carbonyl (C=O) groups is 1. The van der Waals surface area contributed by atoms with Crippen molar-refractivity contribution in [3.05, 3.63) is 71.0 Å². The number of benzene rings is 2. The SMILES string of the molecule is CCOC(=O)CC(c1ccc(C)c(CN2C[C@@H](C)Oc3ccccc3S2(=O)=O)c1)C1CC1c1cn(C)nn1. The predicted molar refractivity (Wildman–Crippen MR) is 141 cm³/mol. The minimum Gasteiger partial charge on any atom is -0.488 e. The summed E-state index contributed by atoms with van der Waals surface area (Å²) >= 11 is 0. The number of esters is 1. The second kappa shape index (κ2) is 10.5. The van der Waals surface area contributed by atoms with Crippen LogP contribution in [-0.2, 0) is 33.1 Å². The number of nitrogens with zero attached hydrogens (tertiary/aromatic N) is 4. The van der Waals surface area contributed by atoms with Crippen LogP contribution in [0.1, 0.15) is 60.9 Å². The minimum atomic E-state index is -3.76. The first-order valence-electron chi connectivity index (χ1n) is 13.0. The molecule has 0 bridgehead atoms. The van der Waals surface area contributed by atoms with E-state index >= 15 is 0 Å². The quantitative estimate of drug-likeness (QED) is 0.400. The number of carbonyl (C=O) groups excluding carboxylic acids is 1. The van der Waals surface area contributed by atoms with E-state index in [0.717, 1.165) is 28.8 Å². The summed E-state index contributed by atoms with van der Waals surface area (Å²) in [4.78, 5) is 12.8. The van der Waals surface area contributed by atoms with Crippen molar-refractivity contribution in [3.8, 4) is 5.75 Å². The van der Waals surface area contributed by atoms with Crippen molar-refractivity contribution in [1.29, 1.82) is 0 Å². The zero-order valence-corrected chi connectivity index (χ0v) is 23.0. The number of ether oxygens (including phenoxy) is 2. The molecule has 0 spiro atoms. The Morgan fingerprint density at radius 2 is 2.03 bits per heavy atom. The van der Waals surface area contributed by atoms with E-state index in [0.29, 0.717) is 12.4 Å². The summed E-state index contributed by atoms with van der Waals surface area (Å²) in [6.07, 6.45) is 2.81. The van der Waals surface area contributed by atoms with Crippen molar-refractivity contribution < 1.29 is 22.7 Å². The average molecular weight is 539 g/mol. The zero-order valence-electron chi connectivity index (χ0n) is 22.2. The Morgan fingerprint density at radius 1 is 1.24 bits per heavy atom. The molecule has 2 aliphatic rings. The number of aryl methyl sites for hydroxylation is 2. The normalized spacial score (nSPS) is 23.1. The third-order valence-corrected chi connectivity index (χ3v) is 9.30. The molecule has 5 rings (SSSR count). The molecule has 1 aliphatic carbocycles. The topological polar surface area (TPSA) is 104 Å². The van der Waals surface area contributed by atoms with Crippen LogP contribution >= 0.6 is 0 Å². The first-order chi connectivity index (χ1) is 18.2. The van der Waals surface area contributed by atoms with Crippen LogP contribution in [0, 0.1) is 12.8 Å². The van der Waals surface area contributed by atoms with Crippen LogP contribution in [0.5, 0.6) is 5.75 Å². The second-order valence-corrected chi connectivity index (χ2v) is 12.2. The van der Waals surface area contributed by atoms with Crippen LogP contribution in [0.4, 0.5) is 0 Å². The van der Waals surface area contributed by atoms with Gasteiger partial charge in [0.15, 0.2) is 0 Å². The molecule has 38 heavy (non-hydrogen) atoms. The molecule has 1 aromatic heterocycles. The summed E-state index contributed by atoms with van der Waals surface area (Å²) in [6, 6.07) is 12.9. The van der Waals surface area contributed by atoms with Gasteiger partial charge in [-0.2, -0.15) is 4.31 Å². The highest BCUT2D eigenvalue weighted by atomic mass is 32.2. The summed E-state index contributed by atoms with van der Waals surface area (Å²) in [6.45, 7) is 6.46. The number of rotatable bonds is 8. The molecular weight excluding hydrogens is 504 g/mol. The summed E-state index contributed by atoms with van der Waals surface area (Å²) in [5.74, 6) is 0.541. The van der Waals surface area contributed by atoms with E-state index in [-0.39, 0.29) is 54.2 Å². The number of hydrogen-bond donors (Lipinski definition) is 0. The first-order valence-corrected chi connectivity index (χ1v) is 14.5. The summed E-state index contributed by atoms with van der Waals surface area (Å²) in [7, 11) is -1.91. The van der Waals surface area contributed by atoms with Gasteiger partial charge in [0.1, 0.15) is 16.7 Å². The van der Waals surface area contributed by atoms with E-state index in [1.54, 1.807) is 35.9 Å². The van der Waals surface area contributed by atoms with E-state index in [1.807, 2.05) is 39.2 Å². The third kappa shape index (κ3) is 5.33. The molecule has 1 saturated carbocycles. The van der Waals surface area contributed by atoms with Gasteiger partial charge in [-0.1, -0.05) is 35.5 Å². The van der Waals surface area contributed by atoms with Gasteiger partial charge in [0, 0.05) is 25.7 Å². The Balaban J connectivity index is 1.45. The van der Waals surface area contributed by atoms with Crippen molar-refractivity contribution >= 4 is 16.0 Å². The van der Waals surface area contributed by atoms with E-state index in [4.69, 9.17) is 9.47 Å². The Bertz CT molecular complexity index is 1440. The molecule has 10 heteroatoms. The largest absolute Gasteiger partial charge is 0.488 e. The third-order valence-electron chi connectivity index (χ3n) is 7.45. The van der Waals surface area contributed by atoms with Crippen molar-refractivity contribution in [1.82, 2.24) is 19.3 Å². The van der Waals surface area contributed by atoms with Crippen molar-refractivity contribution in [3.63, 3.8) is 0 Å². The molecule has 0 N–H and O–H groups in total. The second-order valence-electron chi connectivity index (χ2n) is 10.3. The van der Waals surface area contributed by atoms with E-state index < -0.39 is 10.0 Å². The first kappa shape index (κ1) is 26.4. The Labute approximate surface area is 223 Å². The zero-order chi connectivity index (χ0) is 27.0. The lowest BCUT2D eigenvalue weighted by molar-refractivity contribution is -0.143. The van der Waals surface area contributed by atoms with Crippen LogP contribution in [0.3, 0.4) is 0 Å². The maximum Gasteiger partial charge on any atom is 0.306 e. The average Bonchev–Trinajstić information content (AvgIpc) is 3.56. The van der Waals surface area contributed by atoms with Gasteiger partial charge in [0.25, 0.3) is 0 Å². The molecule has 1 fully saturated rings. The molecule has 1 aliphatic heterocycles. The lowest BCUT2D eigenvalue weighted by atomic mass is 9.87. The standard InChI is InChI=1S/C28H34N4O5S/c1-5-36-28(33)14-22(23-13-24(23)25-17-31(4)30-29-25)20-11-10-18(2)21(12-20)16-32-15-19(3)37-26-8-6-7-9-27(26)38(32,34)35/h6-12,17,19,22-24H,5,13-16H2,1-4H3/t19-,22?,23?,24?/m1/s1. The van der Waals surface area contributed by atoms with E-state index in [9.17, 15) is 13.2 Å². The van der Waals surface area contributed by atoms with Crippen LogP contribution < -0.4 is 4.74 Å². The molecule has 0 radical (unpaired) electrons. The number of fused-ring (bicyclic) bond motifs is 1.